The lowest BCUT2D eigenvalue weighted by Crippen LogP contribution is -2.31. The molecule has 5 heteroatoms. The number of ketones is 1. The van der Waals surface area contributed by atoms with Gasteiger partial charge >= 0.3 is 0 Å². The van der Waals surface area contributed by atoms with Crippen LogP contribution in [0.15, 0.2) is 47.1 Å². The summed E-state index contributed by atoms with van der Waals surface area (Å²) in [5.74, 6) is -0.439. The van der Waals surface area contributed by atoms with Crippen LogP contribution in [0.4, 0.5) is 4.39 Å². The maximum absolute atomic E-state index is 13.0. The highest BCUT2D eigenvalue weighted by Crippen LogP contribution is 2.34. The van der Waals surface area contributed by atoms with E-state index in [0.717, 1.165) is 31.3 Å². The summed E-state index contributed by atoms with van der Waals surface area (Å²) in [6, 6.07) is 8.83. The van der Waals surface area contributed by atoms with Gasteiger partial charge in [0.25, 0.3) is 0 Å². The van der Waals surface area contributed by atoms with Crippen LogP contribution in [0.2, 0.25) is 0 Å². The third-order valence-corrected chi connectivity index (χ3v) is 5.99. The summed E-state index contributed by atoms with van der Waals surface area (Å²) >= 11 is 0. The molecule has 23 heavy (non-hydrogen) atoms. The van der Waals surface area contributed by atoms with Gasteiger partial charge in [0.05, 0.1) is 24.2 Å². The Morgan fingerprint density at radius 2 is 2.13 bits per heavy atom. The Bertz CT molecular complexity index is 571. The van der Waals surface area contributed by atoms with Crippen molar-refractivity contribution in [2.24, 2.45) is 5.92 Å². The maximum Gasteiger partial charge on any atom is 0.179 e. The number of alkyl halides is 1. The van der Waals surface area contributed by atoms with Crippen LogP contribution in [-0.2, 0) is 20.3 Å². The van der Waals surface area contributed by atoms with Crippen LogP contribution >= 0.6 is 0 Å². The van der Waals surface area contributed by atoms with Gasteiger partial charge in [-0.15, -0.1) is 0 Å². The number of methoxy groups -OCH3 is 1. The molecule has 3 unspecified atom stereocenters. The molecule has 0 amide bonds. The minimum Gasteiger partial charge on any atom is -0.504 e. The number of rotatable bonds is 7. The summed E-state index contributed by atoms with van der Waals surface area (Å²) in [5, 5.41) is -0.800. The van der Waals surface area contributed by atoms with Gasteiger partial charge in [-0.05, 0) is 49.3 Å². The molecule has 0 radical (unpaired) electrons. The molecule has 126 valence electrons. The molecule has 3 nitrogen and oxygen atoms in total. The molecule has 1 aliphatic rings. The minimum atomic E-state index is -1.53. The van der Waals surface area contributed by atoms with E-state index in [0.29, 0.717) is 11.3 Å². The Hall–Kier alpha value is -1.49. The van der Waals surface area contributed by atoms with E-state index in [1.54, 1.807) is 37.6 Å². The number of hydrogen-bond acceptors (Lipinski definition) is 3. The summed E-state index contributed by atoms with van der Waals surface area (Å²) in [7, 11) is 0.0729. The van der Waals surface area contributed by atoms with Crippen molar-refractivity contribution in [2.45, 2.75) is 42.2 Å². The van der Waals surface area contributed by atoms with Crippen molar-refractivity contribution in [3.63, 3.8) is 0 Å². The molecule has 0 aromatic heterocycles. The number of halogens is 1. The quantitative estimate of drug-likeness (QED) is 0.710. The topological polar surface area (TPSA) is 43.4 Å². The summed E-state index contributed by atoms with van der Waals surface area (Å²) < 4.78 is 30.9. The van der Waals surface area contributed by atoms with Gasteiger partial charge in [0.1, 0.15) is 11.9 Å². The average molecular weight is 338 g/mol. The Kier molecular flexibility index (Phi) is 6.96. The Morgan fingerprint density at radius 3 is 2.78 bits per heavy atom. The molecular formula is C18H23FO3S. The zero-order valence-corrected chi connectivity index (χ0v) is 14.2. The van der Waals surface area contributed by atoms with Crippen LogP contribution in [0, 0.1) is 5.92 Å². The van der Waals surface area contributed by atoms with Gasteiger partial charge in [-0.2, -0.15) is 0 Å². The predicted octanol–water partition coefficient (Wildman–Crippen LogP) is 3.81. The Balaban J connectivity index is 2.20. The lowest BCUT2D eigenvalue weighted by molar-refractivity contribution is -0.119. The van der Waals surface area contributed by atoms with Crippen molar-refractivity contribution in [3.8, 4) is 0 Å². The van der Waals surface area contributed by atoms with Crippen molar-refractivity contribution in [3.05, 3.63) is 42.2 Å². The molecule has 1 aromatic rings. The lowest BCUT2D eigenvalue weighted by atomic mass is 9.81. The molecule has 0 N–H and O–H groups in total. The van der Waals surface area contributed by atoms with Gasteiger partial charge in [-0.1, -0.05) is 24.6 Å². The third kappa shape index (κ3) is 4.74. The van der Waals surface area contributed by atoms with E-state index in [-0.39, 0.29) is 5.92 Å². The zero-order chi connectivity index (χ0) is 16.7. The predicted molar refractivity (Wildman–Crippen MR) is 89.3 cm³/mol. The fourth-order valence-electron chi connectivity index (χ4n) is 3.09. The molecule has 0 saturated heterocycles. The Morgan fingerprint density at radius 1 is 1.39 bits per heavy atom. The van der Waals surface area contributed by atoms with Gasteiger partial charge in [0, 0.05) is 4.90 Å². The smallest absolute Gasteiger partial charge is 0.179 e. The number of Topliss-reactive ketones (excluding diaryl/α,β-unsaturated/α-hetero) is 1. The molecule has 1 aliphatic carbocycles. The molecule has 1 saturated carbocycles. The summed E-state index contributed by atoms with van der Waals surface area (Å²) in [5.41, 5.74) is 1.14. The van der Waals surface area contributed by atoms with E-state index in [2.05, 4.69) is 0 Å². The van der Waals surface area contributed by atoms with E-state index in [1.807, 2.05) is 6.07 Å². The lowest BCUT2D eigenvalue weighted by Gasteiger charge is -2.27. The molecule has 1 fully saturated rings. The van der Waals surface area contributed by atoms with Crippen LogP contribution in [0.1, 0.15) is 32.1 Å². The molecule has 1 aromatic carbocycles. The SMILES string of the molecule is CO/C=C1\CCCCC1CC(C(=O)CF)S(=O)c1ccccc1. The first-order chi connectivity index (χ1) is 11.2. The van der Waals surface area contributed by atoms with Crippen LogP contribution in [0.3, 0.4) is 0 Å². The zero-order valence-electron chi connectivity index (χ0n) is 13.4. The van der Waals surface area contributed by atoms with E-state index in [1.165, 1.54) is 0 Å². The van der Waals surface area contributed by atoms with Gasteiger partial charge in [0.2, 0.25) is 0 Å². The monoisotopic (exact) mass is 338 g/mol. The number of carbonyl (C=O) groups excluding carboxylic acids is 1. The minimum absolute atomic E-state index is 0.136. The summed E-state index contributed by atoms with van der Waals surface area (Å²) in [4.78, 5) is 12.6. The van der Waals surface area contributed by atoms with Gasteiger partial charge in [-0.3, -0.25) is 9.00 Å². The second kappa shape index (κ2) is 8.96. The number of benzene rings is 1. The summed E-state index contributed by atoms with van der Waals surface area (Å²) in [6.07, 6.45) is 6.16. The number of ether oxygens (including phenoxy) is 1. The highest BCUT2D eigenvalue weighted by Gasteiger charge is 2.31. The van der Waals surface area contributed by atoms with Crippen molar-refractivity contribution >= 4 is 16.6 Å². The first-order valence-corrected chi connectivity index (χ1v) is 9.14. The van der Waals surface area contributed by atoms with Crippen LogP contribution in [0.25, 0.3) is 0 Å². The average Bonchev–Trinajstić information content (AvgIpc) is 2.60. The molecule has 3 atom stereocenters. The van der Waals surface area contributed by atoms with Crippen molar-refractivity contribution in [2.75, 3.05) is 13.8 Å². The van der Waals surface area contributed by atoms with E-state index >= 15 is 0 Å². The second-order valence-electron chi connectivity index (χ2n) is 5.81. The van der Waals surface area contributed by atoms with Crippen LogP contribution < -0.4 is 0 Å². The molecule has 0 aliphatic heterocycles. The largest absolute Gasteiger partial charge is 0.504 e. The number of allylic oxidation sites excluding steroid dienone is 1. The molecule has 2 rings (SSSR count). The number of hydrogen-bond donors (Lipinski definition) is 0. The van der Waals surface area contributed by atoms with Crippen molar-refractivity contribution in [1.29, 1.82) is 0 Å². The van der Waals surface area contributed by atoms with Crippen molar-refractivity contribution in [1.82, 2.24) is 0 Å². The Labute approximate surface area is 139 Å². The standard InChI is InChI=1S/C18H23FO3S/c1-22-13-15-8-6-5-7-14(15)11-18(17(20)12-19)23(21)16-9-3-2-4-10-16/h2-4,9-10,13-14,18H,5-8,11-12H2,1H3/b15-13+. The number of carbonyl (C=O) groups is 1. The first kappa shape index (κ1) is 17.9. The third-order valence-electron chi connectivity index (χ3n) is 4.28. The first-order valence-electron chi connectivity index (χ1n) is 7.93. The molecular weight excluding hydrogens is 315 g/mol. The van der Waals surface area contributed by atoms with Gasteiger partial charge in [-0.25, -0.2) is 4.39 Å². The van der Waals surface area contributed by atoms with Crippen LogP contribution in [0.5, 0.6) is 0 Å². The van der Waals surface area contributed by atoms with E-state index in [9.17, 15) is 13.4 Å². The molecule has 0 heterocycles. The van der Waals surface area contributed by atoms with Crippen LogP contribution in [-0.4, -0.2) is 29.0 Å². The van der Waals surface area contributed by atoms with Crippen molar-refractivity contribution < 1.29 is 18.1 Å². The fraction of sp³-hybridized carbons (Fsp3) is 0.500. The fourth-order valence-corrected chi connectivity index (χ4v) is 4.55. The second-order valence-corrected chi connectivity index (χ2v) is 7.44. The highest BCUT2D eigenvalue weighted by atomic mass is 32.2. The normalized spacial score (nSPS) is 22.5. The molecule has 0 spiro atoms. The van der Waals surface area contributed by atoms with E-state index in [4.69, 9.17) is 4.74 Å². The van der Waals surface area contributed by atoms with E-state index < -0.39 is 28.5 Å². The van der Waals surface area contributed by atoms with Gasteiger partial charge in [0.15, 0.2) is 5.78 Å². The maximum atomic E-state index is 13.0. The van der Waals surface area contributed by atoms with Gasteiger partial charge < -0.3 is 4.74 Å². The highest BCUT2D eigenvalue weighted by molar-refractivity contribution is 7.86. The molecule has 0 bridgehead atoms. The summed E-state index contributed by atoms with van der Waals surface area (Å²) in [6.45, 7) is -1.07.